The second kappa shape index (κ2) is 8.29. The van der Waals surface area contributed by atoms with E-state index in [1.54, 1.807) is 6.08 Å². The average Bonchev–Trinajstić information content (AvgIpc) is 3.45. The summed E-state index contributed by atoms with van der Waals surface area (Å²) in [6.07, 6.45) is 12.8. The van der Waals surface area contributed by atoms with Crippen molar-refractivity contribution in [1.82, 2.24) is 9.78 Å². The van der Waals surface area contributed by atoms with Gasteiger partial charge < -0.3 is 4.74 Å². The number of ketones is 1. The second-order valence-electron chi connectivity index (χ2n) is 11.9. The van der Waals surface area contributed by atoms with Gasteiger partial charge in [-0.3, -0.25) is 4.79 Å². The van der Waals surface area contributed by atoms with Crippen LogP contribution in [-0.2, 0) is 9.53 Å². The van der Waals surface area contributed by atoms with Gasteiger partial charge in [-0.1, -0.05) is 43.7 Å². The van der Waals surface area contributed by atoms with Crippen LogP contribution in [0.4, 0.5) is 0 Å². The van der Waals surface area contributed by atoms with Crippen LogP contribution >= 0.6 is 0 Å². The van der Waals surface area contributed by atoms with Crippen molar-refractivity contribution in [2.75, 3.05) is 7.11 Å². The zero-order chi connectivity index (χ0) is 25.2. The molecule has 6 rings (SSSR count). The Morgan fingerprint density at radius 1 is 1.11 bits per heavy atom. The van der Waals surface area contributed by atoms with Gasteiger partial charge in [-0.05, 0) is 98.5 Å². The number of hydrogen-bond acceptors (Lipinski definition) is 4. The van der Waals surface area contributed by atoms with Crippen molar-refractivity contribution in [3.8, 4) is 5.69 Å². The minimum Gasteiger partial charge on any atom is -0.464 e. The Kier molecular flexibility index (Phi) is 5.40. The number of benzene rings is 1. The Hall–Kier alpha value is -2.95. The number of para-hydroxylation sites is 1. The van der Waals surface area contributed by atoms with E-state index in [9.17, 15) is 9.59 Å². The minimum atomic E-state index is -0.384. The number of carbonyl (C=O) groups excluding carboxylic acids is 2. The van der Waals surface area contributed by atoms with Crippen LogP contribution in [0.3, 0.4) is 0 Å². The molecular weight excluding hydrogens is 448 g/mol. The fraction of sp³-hybridized carbons (Fsp3) is 0.516. The van der Waals surface area contributed by atoms with E-state index < -0.39 is 0 Å². The molecule has 2 aromatic rings. The molecule has 3 fully saturated rings. The van der Waals surface area contributed by atoms with E-state index in [1.807, 2.05) is 29.0 Å². The molecule has 5 heteroatoms. The normalized spacial score (nSPS) is 35.0. The standard InChI is InChI=1S/C31H36N2O3/c1-19-7-5-6-8-27(19)33-28(18-26(32-33)29(35)36-4)25-12-11-23-22-10-9-20-17-21(34)13-15-30(20,2)24(22)14-16-31(23,25)3/h5-8,13,15,17-18,22-25H,9-12,14,16H2,1-4H3/t22-,23-,24-,25+,30-,31-/m0/s1. The highest BCUT2D eigenvalue weighted by atomic mass is 16.5. The van der Waals surface area contributed by atoms with E-state index in [-0.39, 0.29) is 22.6 Å². The lowest BCUT2D eigenvalue weighted by molar-refractivity contribution is -0.111. The summed E-state index contributed by atoms with van der Waals surface area (Å²) in [7, 11) is 1.42. The van der Waals surface area contributed by atoms with Gasteiger partial charge in [-0.2, -0.15) is 5.10 Å². The molecule has 6 atom stereocenters. The third-order valence-corrected chi connectivity index (χ3v) is 10.4. The van der Waals surface area contributed by atoms with Crippen LogP contribution in [0.1, 0.15) is 80.0 Å². The summed E-state index contributed by atoms with van der Waals surface area (Å²) < 4.78 is 7.07. The van der Waals surface area contributed by atoms with E-state index in [0.29, 0.717) is 29.4 Å². The van der Waals surface area contributed by atoms with Crippen LogP contribution in [0.15, 0.2) is 54.1 Å². The van der Waals surface area contributed by atoms with E-state index >= 15 is 0 Å². The van der Waals surface area contributed by atoms with Crippen LogP contribution in [0.2, 0.25) is 0 Å². The van der Waals surface area contributed by atoms with Crippen molar-refractivity contribution in [2.45, 2.75) is 65.2 Å². The molecule has 1 heterocycles. The van der Waals surface area contributed by atoms with Crippen LogP contribution in [-0.4, -0.2) is 28.6 Å². The molecule has 0 aliphatic heterocycles. The molecule has 0 saturated heterocycles. The summed E-state index contributed by atoms with van der Waals surface area (Å²) in [5, 5.41) is 4.77. The Labute approximate surface area is 213 Å². The van der Waals surface area contributed by atoms with Gasteiger partial charge in [0.25, 0.3) is 0 Å². The van der Waals surface area contributed by atoms with Gasteiger partial charge in [0.1, 0.15) is 0 Å². The number of fused-ring (bicyclic) bond motifs is 5. The zero-order valence-corrected chi connectivity index (χ0v) is 21.8. The number of rotatable bonds is 3. The monoisotopic (exact) mass is 484 g/mol. The van der Waals surface area contributed by atoms with Crippen molar-refractivity contribution in [3.05, 3.63) is 71.1 Å². The number of esters is 1. The predicted molar refractivity (Wildman–Crippen MR) is 139 cm³/mol. The van der Waals surface area contributed by atoms with Crippen LogP contribution < -0.4 is 0 Å². The summed E-state index contributed by atoms with van der Waals surface area (Å²) in [5.74, 6) is 1.97. The van der Waals surface area contributed by atoms with Crippen molar-refractivity contribution in [1.29, 1.82) is 0 Å². The average molecular weight is 485 g/mol. The highest BCUT2D eigenvalue weighted by Gasteiger charge is 2.59. The molecule has 0 unspecified atom stereocenters. The molecule has 0 amide bonds. The number of aromatic nitrogens is 2. The molecular formula is C31H36N2O3. The topological polar surface area (TPSA) is 61.2 Å². The first-order valence-electron chi connectivity index (χ1n) is 13.4. The number of methoxy groups -OCH3 is 1. The molecule has 0 spiro atoms. The van der Waals surface area contributed by atoms with Gasteiger partial charge in [0.05, 0.1) is 12.8 Å². The number of allylic oxidation sites excluding steroid dienone is 4. The summed E-state index contributed by atoms with van der Waals surface area (Å²) in [5.41, 5.74) is 5.19. The van der Waals surface area contributed by atoms with E-state index in [0.717, 1.165) is 36.2 Å². The summed E-state index contributed by atoms with van der Waals surface area (Å²) in [6.45, 7) is 6.95. The highest BCUT2D eigenvalue weighted by molar-refractivity contribution is 6.01. The maximum absolute atomic E-state index is 12.5. The first kappa shape index (κ1) is 23.4. The van der Waals surface area contributed by atoms with E-state index in [1.165, 1.54) is 31.9 Å². The molecule has 4 aliphatic carbocycles. The quantitative estimate of drug-likeness (QED) is 0.476. The summed E-state index contributed by atoms with van der Waals surface area (Å²) in [4.78, 5) is 24.6. The molecule has 1 aromatic carbocycles. The van der Waals surface area contributed by atoms with Crippen LogP contribution in [0, 0.1) is 35.5 Å². The van der Waals surface area contributed by atoms with Crippen LogP contribution in [0.25, 0.3) is 5.69 Å². The smallest absolute Gasteiger partial charge is 0.358 e. The molecule has 4 aliphatic rings. The molecule has 0 N–H and O–H groups in total. The Morgan fingerprint density at radius 2 is 1.92 bits per heavy atom. The molecule has 188 valence electrons. The minimum absolute atomic E-state index is 0.0111. The Balaban J connectivity index is 1.39. The highest BCUT2D eigenvalue weighted by Crippen LogP contribution is 2.67. The number of ether oxygens (including phenoxy) is 1. The first-order valence-corrected chi connectivity index (χ1v) is 13.4. The van der Waals surface area contributed by atoms with E-state index in [4.69, 9.17) is 9.84 Å². The zero-order valence-electron chi connectivity index (χ0n) is 21.8. The Bertz CT molecular complexity index is 1300. The van der Waals surface area contributed by atoms with Crippen molar-refractivity contribution < 1.29 is 14.3 Å². The number of aryl methyl sites for hydroxylation is 1. The molecule has 36 heavy (non-hydrogen) atoms. The number of carbonyl (C=O) groups is 2. The van der Waals surface area contributed by atoms with Gasteiger partial charge in [0.15, 0.2) is 11.5 Å². The van der Waals surface area contributed by atoms with E-state index in [2.05, 4.69) is 39.0 Å². The van der Waals surface area contributed by atoms with Crippen molar-refractivity contribution >= 4 is 11.8 Å². The lowest BCUT2D eigenvalue weighted by Gasteiger charge is -2.57. The lowest BCUT2D eigenvalue weighted by Crippen LogP contribution is -2.49. The van der Waals surface area contributed by atoms with Crippen molar-refractivity contribution in [3.63, 3.8) is 0 Å². The van der Waals surface area contributed by atoms with Gasteiger partial charge in [0.2, 0.25) is 0 Å². The maximum atomic E-state index is 12.5. The third-order valence-electron chi connectivity index (χ3n) is 10.4. The fourth-order valence-electron chi connectivity index (χ4n) is 8.53. The molecule has 0 bridgehead atoms. The maximum Gasteiger partial charge on any atom is 0.358 e. The SMILES string of the molecule is COC(=O)c1cc([C@H]2CC[C@H]3[C@@H]4CCC5=CC(=O)C=C[C@]5(C)[C@H]4CC[C@]23C)n(-c2ccccc2C)n1. The Morgan fingerprint density at radius 3 is 2.69 bits per heavy atom. The first-order chi connectivity index (χ1) is 17.3. The predicted octanol–water partition coefficient (Wildman–Crippen LogP) is 6.36. The second-order valence-corrected chi connectivity index (χ2v) is 11.9. The van der Waals surface area contributed by atoms with Gasteiger partial charge in [-0.25, -0.2) is 9.48 Å². The number of hydrogen-bond donors (Lipinski definition) is 0. The number of nitrogens with zero attached hydrogens (tertiary/aromatic N) is 2. The van der Waals surface area contributed by atoms with Crippen LogP contribution in [0.5, 0.6) is 0 Å². The summed E-state index contributed by atoms with van der Waals surface area (Å²) >= 11 is 0. The van der Waals surface area contributed by atoms with Crippen molar-refractivity contribution in [2.24, 2.45) is 28.6 Å². The van der Waals surface area contributed by atoms with Gasteiger partial charge in [0, 0.05) is 17.0 Å². The summed E-state index contributed by atoms with van der Waals surface area (Å²) in [6, 6.07) is 10.2. The largest absolute Gasteiger partial charge is 0.464 e. The fourth-order valence-corrected chi connectivity index (χ4v) is 8.53. The molecule has 5 nitrogen and oxygen atoms in total. The molecule has 0 radical (unpaired) electrons. The van der Waals surface area contributed by atoms with Gasteiger partial charge in [-0.15, -0.1) is 0 Å². The van der Waals surface area contributed by atoms with Gasteiger partial charge >= 0.3 is 5.97 Å². The lowest BCUT2D eigenvalue weighted by atomic mass is 9.47. The molecule has 3 saturated carbocycles. The molecule has 1 aromatic heterocycles. The third kappa shape index (κ3) is 3.31.